The van der Waals surface area contributed by atoms with Gasteiger partial charge in [0.15, 0.2) is 0 Å². The number of nitrogens with two attached hydrogens (primary N) is 1. The SMILES string of the molecule is C=S(=O)(c1ccc(CNC(=O)c2sc3nnc(C)c(C)c3c2N)cc1)C(F)F. The molecule has 1 atom stereocenters. The molecule has 1 aromatic carbocycles. The fraction of sp³-hybridized carbons (Fsp3) is 0.222. The van der Waals surface area contributed by atoms with E-state index in [1.165, 1.54) is 24.3 Å². The zero-order valence-corrected chi connectivity index (χ0v) is 16.8. The maximum Gasteiger partial charge on any atom is 0.308 e. The molecule has 0 bridgehead atoms. The molecule has 28 heavy (non-hydrogen) atoms. The summed E-state index contributed by atoms with van der Waals surface area (Å²) in [5, 5.41) is 11.6. The van der Waals surface area contributed by atoms with Crippen molar-refractivity contribution in [3.05, 3.63) is 46.0 Å². The van der Waals surface area contributed by atoms with Crippen molar-refractivity contribution in [1.29, 1.82) is 0 Å². The first-order valence-electron chi connectivity index (χ1n) is 8.16. The van der Waals surface area contributed by atoms with E-state index in [9.17, 15) is 17.8 Å². The third-order valence-electron chi connectivity index (χ3n) is 4.40. The van der Waals surface area contributed by atoms with Gasteiger partial charge in [-0.2, -0.15) is 13.9 Å². The lowest BCUT2D eigenvalue weighted by atomic mass is 10.1. The van der Waals surface area contributed by atoms with Gasteiger partial charge in [-0.05, 0) is 43.0 Å². The second-order valence-electron chi connectivity index (χ2n) is 6.25. The van der Waals surface area contributed by atoms with Crippen molar-refractivity contribution in [2.75, 3.05) is 5.73 Å². The molecule has 3 N–H and O–H groups in total. The molecular weight excluding hydrogens is 406 g/mol. The normalized spacial score (nSPS) is 13.6. The predicted octanol–water partition coefficient (Wildman–Crippen LogP) is 3.12. The van der Waals surface area contributed by atoms with Crippen LogP contribution in [0.25, 0.3) is 10.2 Å². The summed E-state index contributed by atoms with van der Waals surface area (Å²) in [5.74, 6) is -0.292. The van der Waals surface area contributed by atoms with Crippen LogP contribution in [-0.2, 0) is 16.1 Å². The molecule has 0 saturated carbocycles. The summed E-state index contributed by atoms with van der Waals surface area (Å²) < 4.78 is 37.5. The quantitative estimate of drug-likeness (QED) is 0.614. The highest BCUT2D eigenvalue weighted by Gasteiger charge is 2.21. The molecule has 3 rings (SSSR count). The second kappa shape index (κ2) is 7.44. The number of anilines is 1. The molecule has 1 amide bonds. The van der Waals surface area contributed by atoms with E-state index in [1.807, 2.05) is 13.8 Å². The van der Waals surface area contributed by atoms with Crippen molar-refractivity contribution < 1.29 is 17.8 Å². The third kappa shape index (κ3) is 3.57. The monoisotopic (exact) mass is 424 g/mol. The van der Waals surface area contributed by atoms with Crippen molar-refractivity contribution in [2.24, 2.45) is 0 Å². The van der Waals surface area contributed by atoms with Crippen LogP contribution in [0.2, 0.25) is 0 Å². The van der Waals surface area contributed by atoms with Crippen LogP contribution in [0.3, 0.4) is 0 Å². The number of nitrogens with zero attached hydrogens (tertiary/aromatic N) is 2. The first kappa shape index (κ1) is 20.2. The Labute approximate surface area is 164 Å². The minimum absolute atomic E-state index is 0.0317. The van der Waals surface area contributed by atoms with E-state index in [0.717, 1.165) is 28.0 Å². The standard InChI is InChI=1S/C18H18F2N4O2S2/c1-9-10(2)23-24-17-13(9)14(21)15(27-17)16(25)22-8-11-4-6-12(7-5-11)28(3,26)18(19)20/h4-7,18H,3,8,21H2,1-2H3,(H,22,25). The molecule has 0 aliphatic carbocycles. The Bertz CT molecular complexity index is 1160. The Morgan fingerprint density at radius 1 is 1.29 bits per heavy atom. The van der Waals surface area contributed by atoms with Gasteiger partial charge >= 0.3 is 5.76 Å². The number of fused-ring (bicyclic) bond motifs is 1. The number of aromatic nitrogens is 2. The summed E-state index contributed by atoms with van der Waals surface area (Å²) in [6.45, 7) is 3.85. The van der Waals surface area contributed by atoms with E-state index in [4.69, 9.17) is 5.73 Å². The fourth-order valence-electron chi connectivity index (χ4n) is 2.61. The second-order valence-corrected chi connectivity index (χ2v) is 9.53. The van der Waals surface area contributed by atoms with Gasteiger partial charge in [0.25, 0.3) is 5.91 Å². The molecule has 0 aliphatic rings. The van der Waals surface area contributed by atoms with Gasteiger partial charge in [0.2, 0.25) is 0 Å². The third-order valence-corrected chi connectivity index (χ3v) is 7.14. The topological polar surface area (TPSA) is 98.0 Å². The largest absolute Gasteiger partial charge is 0.397 e. The number of carbonyl (C=O) groups is 1. The molecule has 0 spiro atoms. The van der Waals surface area contributed by atoms with Crippen LogP contribution in [0, 0.1) is 13.8 Å². The highest BCUT2D eigenvalue weighted by molar-refractivity contribution is 8.00. The number of amides is 1. The summed E-state index contributed by atoms with van der Waals surface area (Å²) in [4.78, 5) is 13.4. The number of nitrogens with one attached hydrogen (secondary N) is 1. The molecule has 0 aliphatic heterocycles. The summed E-state index contributed by atoms with van der Waals surface area (Å²) in [6, 6.07) is 5.71. The highest BCUT2D eigenvalue weighted by Crippen LogP contribution is 2.34. The number of carbonyl (C=O) groups excluding carboxylic acids is 1. The Kier molecular flexibility index (Phi) is 5.35. The van der Waals surface area contributed by atoms with Crippen molar-refractivity contribution in [2.45, 2.75) is 31.0 Å². The lowest BCUT2D eigenvalue weighted by molar-refractivity contribution is 0.0956. The Balaban J connectivity index is 1.77. The van der Waals surface area contributed by atoms with E-state index in [-0.39, 0.29) is 17.3 Å². The maximum atomic E-state index is 12.8. The van der Waals surface area contributed by atoms with E-state index in [0.29, 0.717) is 21.0 Å². The van der Waals surface area contributed by atoms with Crippen molar-refractivity contribution in [3.8, 4) is 0 Å². The van der Waals surface area contributed by atoms with Gasteiger partial charge in [-0.15, -0.1) is 16.4 Å². The number of halogens is 2. The van der Waals surface area contributed by atoms with Crippen LogP contribution >= 0.6 is 11.3 Å². The van der Waals surface area contributed by atoms with Crippen molar-refractivity contribution >= 4 is 48.5 Å². The molecule has 2 aromatic heterocycles. The predicted molar refractivity (Wildman–Crippen MR) is 108 cm³/mol. The number of hydrogen-bond acceptors (Lipinski definition) is 6. The van der Waals surface area contributed by atoms with Gasteiger partial charge in [0.1, 0.15) is 9.71 Å². The lowest BCUT2D eigenvalue weighted by Gasteiger charge is -2.09. The number of benzene rings is 1. The first-order valence-corrected chi connectivity index (χ1v) is 10.8. The minimum atomic E-state index is -3.64. The Morgan fingerprint density at radius 2 is 1.93 bits per heavy atom. The van der Waals surface area contributed by atoms with E-state index < -0.39 is 15.3 Å². The number of rotatable bonds is 5. The van der Waals surface area contributed by atoms with Gasteiger partial charge in [-0.1, -0.05) is 12.1 Å². The number of alkyl halides is 2. The molecule has 0 fully saturated rings. The molecule has 0 saturated heterocycles. The van der Waals surface area contributed by atoms with Crippen LogP contribution < -0.4 is 11.1 Å². The van der Waals surface area contributed by atoms with Crippen LogP contribution in [0.4, 0.5) is 14.5 Å². The van der Waals surface area contributed by atoms with Crippen LogP contribution in [0.1, 0.15) is 26.5 Å². The summed E-state index contributed by atoms with van der Waals surface area (Å²) in [6.07, 6.45) is 0. The van der Waals surface area contributed by atoms with E-state index >= 15 is 0 Å². The number of nitrogen functional groups attached to an aromatic ring is 1. The molecule has 0 radical (unpaired) electrons. The first-order chi connectivity index (χ1) is 13.1. The molecular formula is C18H18F2N4O2S2. The molecule has 1 unspecified atom stereocenters. The van der Waals surface area contributed by atoms with Gasteiger partial charge in [0.05, 0.1) is 20.9 Å². The molecule has 2 heterocycles. The van der Waals surface area contributed by atoms with Gasteiger partial charge in [-0.25, -0.2) is 0 Å². The number of hydrogen-bond donors (Lipinski definition) is 2. The number of aryl methyl sites for hydroxylation is 2. The zero-order valence-electron chi connectivity index (χ0n) is 15.2. The van der Waals surface area contributed by atoms with Crippen LogP contribution in [0.15, 0.2) is 29.2 Å². The fourth-order valence-corrected chi connectivity index (χ4v) is 4.43. The van der Waals surface area contributed by atoms with E-state index in [2.05, 4.69) is 21.4 Å². The molecule has 10 heteroatoms. The molecule has 3 aromatic rings. The average molecular weight is 424 g/mol. The summed E-state index contributed by atoms with van der Waals surface area (Å²) >= 11 is 1.16. The van der Waals surface area contributed by atoms with Gasteiger partial charge in [-0.3, -0.25) is 9.00 Å². The van der Waals surface area contributed by atoms with Crippen molar-refractivity contribution in [1.82, 2.24) is 15.5 Å². The average Bonchev–Trinajstić information content (AvgIpc) is 3.00. The summed E-state index contributed by atoms with van der Waals surface area (Å²) in [5.41, 5.74) is 8.79. The van der Waals surface area contributed by atoms with Gasteiger partial charge in [0, 0.05) is 16.8 Å². The Hall–Kier alpha value is -2.59. The lowest BCUT2D eigenvalue weighted by Crippen LogP contribution is -2.22. The Morgan fingerprint density at radius 3 is 2.54 bits per heavy atom. The van der Waals surface area contributed by atoms with Gasteiger partial charge < -0.3 is 11.1 Å². The van der Waals surface area contributed by atoms with Crippen molar-refractivity contribution in [3.63, 3.8) is 0 Å². The zero-order chi connectivity index (χ0) is 20.6. The van der Waals surface area contributed by atoms with Crippen LogP contribution in [0.5, 0.6) is 0 Å². The van der Waals surface area contributed by atoms with Crippen LogP contribution in [-0.4, -0.2) is 31.9 Å². The number of thiophene rings is 1. The smallest absolute Gasteiger partial charge is 0.308 e. The summed E-state index contributed by atoms with van der Waals surface area (Å²) in [7, 11) is -3.64. The minimum Gasteiger partial charge on any atom is -0.397 e. The molecule has 148 valence electrons. The maximum absolute atomic E-state index is 12.8. The highest BCUT2D eigenvalue weighted by atomic mass is 32.2. The molecule has 6 nitrogen and oxygen atoms in total. The van der Waals surface area contributed by atoms with E-state index in [1.54, 1.807) is 0 Å².